The van der Waals surface area contributed by atoms with E-state index in [4.69, 9.17) is 27.9 Å². The highest BCUT2D eigenvalue weighted by atomic mass is 35.5. The standard InChI is InChI=1S/C25H19Cl2N3O6S/c1-13-10-17(26)23(20(11-13)37(33,34)35)30-29-22-15-7-4-3-6-14(15)12-16(24(22)31)25(32)28-18-8-5-9-19(36-2)21(18)27/h3-12,31H,1-2H3,(H,28,32)(H,33,34,35). The zero-order valence-corrected chi connectivity index (χ0v) is 21.7. The van der Waals surface area contributed by atoms with Crippen LogP contribution in [0.5, 0.6) is 11.5 Å². The Hall–Kier alpha value is -3.70. The molecule has 4 rings (SSSR count). The second-order valence-electron chi connectivity index (χ2n) is 7.89. The van der Waals surface area contributed by atoms with Gasteiger partial charge in [0.1, 0.15) is 27.0 Å². The van der Waals surface area contributed by atoms with E-state index in [1.807, 2.05) is 0 Å². The Bertz CT molecular complexity index is 1690. The van der Waals surface area contributed by atoms with Crippen molar-refractivity contribution in [1.29, 1.82) is 0 Å². The van der Waals surface area contributed by atoms with Crippen LogP contribution in [0.1, 0.15) is 15.9 Å². The molecule has 4 aromatic rings. The van der Waals surface area contributed by atoms with Crippen LogP contribution in [0.2, 0.25) is 10.0 Å². The number of nitrogens with one attached hydrogen (secondary N) is 1. The van der Waals surface area contributed by atoms with Crippen LogP contribution in [0.3, 0.4) is 0 Å². The molecule has 12 heteroatoms. The molecule has 4 aromatic carbocycles. The summed E-state index contributed by atoms with van der Waals surface area (Å²) < 4.78 is 38.6. The summed E-state index contributed by atoms with van der Waals surface area (Å²) in [5, 5.41) is 22.7. The Morgan fingerprint density at radius 3 is 2.41 bits per heavy atom. The summed E-state index contributed by atoms with van der Waals surface area (Å²) in [6, 6.07) is 15.7. The Balaban J connectivity index is 1.85. The Kier molecular flexibility index (Phi) is 7.37. The van der Waals surface area contributed by atoms with E-state index in [0.717, 1.165) is 0 Å². The van der Waals surface area contributed by atoms with Crippen molar-refractivity contribution in [2.24, 2.45) is 10.2 Å². The topological polar surface area (TPSA) is 138 Å². The third kappa shape index (κ3) is 5.37. The van der Waals surface area contributed by atoms with Gasteiger partial charge in [-0.05, 0) is 48.2 Å². The van der Waals surface area contributed by atoms with Gasteiger partial charge in [0, 0.05) is 5.39 Å². The minimum Gasteiger partial charge on any atom is -0.505 e. The number of aromatic hydroxyl groups is 1. The van der Waals surface area contributed by atoms with Crippen molar-refractivity contribution in [1.82, 2.24) is 0 Å². The summed E-state index contributed by atoms with van der Waals surface area (Å²) in [4.78, 5) is 12.6. The number of azo groups is 1. The molecular weight excluding hydrogens is 541 g/mol. The number of rotatable bonds is 6. The van der Waals surface area contributed by atoms with Crippen LogP contribution in [0.4, 0.5) is 17.1 Å². The molecule has 0 saturated carbocycles. The van der Waals surface area contributed by atoms with Crippen LogP contribution >= 0.6 is 23.2 Å². The quantitative estimate of drug-likeness (QED) is 0.170. The van der Waals surface area contributed by atoms with Gasteiger partial charge in [-0.3, -0.25) is 9.35 Å². The van der Waals surface area contributed by atoms with Crippen molar-refractivity contribution in [2.45, 2.75) is 11.8 Å². The predicted molar refractivity (Wildman–Crippen MR) is 142 cm³/mol. The van der Waals surface area contributed by atoms with E-state index in [1.165, 1.54) is 25.3 Å². The number of hydrogen-bond donors (Lipinski definition) is 3. The lowest BCUT2D eigenvalue weighted by atomic mass is 10.0. The van der Waals surface area contributed by atoms with Gasteiger partial charge in [0.25, 0.3) is 16.0 Å². The number of hydrogen-bond acceptors (Lipinski definition) is 7. The van der Waals surface area contributed by atoms with Gasteiger partial charge in [-0.25, -0.2) is 0 Å². The number of benzene rings is 4. The van der Waals surface area contributed by atoms with Gasteiger partial charge < -0.3 is 15.2 Å². The smallest absolute Gasteiger partial charge is 0.296 e. The average molecular weight is 560 g/mol. The largest absolute Gasteiger partial charge is 0.505 e. The van der Waals surface area contributed by atoms with Crippen molar-refractivity contribution in [3.05, 3.63) is 81.8 Å². The maximum Gasteiger partial charge on any atom is 0.296 e. The fourth-order valence-corrected chi connectivity index (χ4v) is 4.99. The van der Waals surface area contributed by atoms with Crippen LogP contribution in [0.15, 0.2) is 75.8 Å². The fourth-order valence-electron chi connectivity index (χ4n) is 3.64. The van der Waals surface area contributed by atoms with E-state index in [1.54, 1.807) is 49.4 Å². The Morgan fingerprint density at radius 2 is 1.70 bits per heavy atom. The van der Waals surface area contributed by atoms with Crippen LogP contribution < -0.4 is 10.1 Å². The summed E-state index contributed by atoms with van der Waals surface area (Å²) in [7, 11) is -3.25. The number of nitrogens with zero attached hydrogens (tertiary/aromatic N) is 2. The molecule has 190 valence electrons. The van der Waals surface area contributed by atoms with Gasteiger partial charge in [0.05, 0.1) is 23.4 Å². The number of methoxy groups -OCH3 is 1. The van der Waals surface area contributed by atoms with E-state index in [-0.39, 0.29) is 32.7 Å². The minimum atomic E-state index is -4.69. The van der Waals surface area contributed by atoms with E-state index >= 15 is 0 Å². The Labute approximate surface area is 222 Å². The maximum atomic E-state index is 13.2. The van der Waals surface area contributed by atoms with Gasteiger partial charge in [-0.2, -0.15) is 8.42 Å². The van der Waals surface area contributed by atoms with Crippen molar-refractivity contribution in [2.75, 3.05) is 12.4 Å². The molecule has 0 unspecified atom stereocenters. The molecule has 9 nitrogen and oxygen atoms in total. The van der Waals surface area contributed by atoms with Crippen LogP contribution in [0, 0.1) is 6.92 Å². The van der Waals surface area contributed by atoms with Gasteiger partial charge in [0.2, 0.25) is 0 Å². The van der Waals surface area contributed by atoms with E-state index in [0.29, 0.717) is 22.1 Å². The maximum absolute atomic E-state index is 13.2. The molecule has 0 spiro atoms. The lowest BCUT2D eigenvalue weighted by molar-refractivity contribution is 0.102. The molecule has 0 bridgehead atoms. The first kappa shape index (κ1) is 26.4. The number of carbonyl (C=O) groups is 1. The van der Waals surface area contributed by atoms with Crippen LogP contribution in [0.25, 0.3) is 10.8 Å². The molecule has 0 aliphatic carbocycles. The van der Waals surface area contributed by atoms with Gasteiger partial charge in [-0.1, -0.05) is 53.5 Å². The summed E-state index contributed by atoms with van der Waals surface area (Å²) in [5.41, 5.74) is 0.149. The lowest BCUT2D eigenvalue weighted by Crippen LogP contribution is -2.12. The van der Waals surface area contributed by atoms with E-state index in [9.17, 15) is 22.9 Å². The van der Waals surface area contributed by atoms with Crippen LogP contribution in [-0.4, -0.2) is 31.1 Å². The van der Waals surface area contributed by atoms with E-state index < -0.39 is 26.7 Å². The number of carbonyl (C=O) groups excluding carboxylic acids is 1. The number of phenols is 1. The third-order valence-electron chi connectivity index (χ3n) is 5.37. The number of halogens is 2. The molecule has 0 heterocycles. The first-order valence-corrected chi connectivity index (χ1v) is 12.8. The van der Waals surface area contributed by atoms with E-state index in [2.05, 4.69) is 15.5 Å². The normalized spacial score (nSPS) is 11.7. The molecule has 0 radical (unpaired) electrons. The molecule has 0 aliphatic rings. The second-order valence-corrected chi connectivity index (χ2v) is 10.1. The third-order valence-corrected chi connectivity index (χ3v) is 6.92. The SMILES string of the molecule is COc1cccc(NC(=O)c2cc3ccccc3c(N=Nc3c(Cl)cc(C)cc3S(=O)(=O)O)c2O)c1Cl. The lowest BCUT2D eigenvalue weighted by Gasteiger charge is -2.13. The second kappa shape index (κ2) is 10.3. The molecule has 1 amide bonds. The van der Waals surface area contributed by atoms with Crippen LogP contribution in [-0.2, 0) is 10.1 Å². The molecular formula is C25H19Cl2N3O6S. The first-order chi connectivity index (χ1) is 17.5. The number of phenolic OH excluding ortho intramolecular Hbond substituents is 1. The van der Waals surface area contributed by atoms with Gasteiger partial charge >= 0.3 is 0 Å². The summed E-state index contributed by atoms with van der Waals surface area (Å²) in [5.74, 6) is -0.862. The number of ether oxygens (including phenoxy) is 1. The zero-order chi connectivity index (χ0) is 26.9. The van der Waals surface area contributed by atoms with Gasteiger partial charge in [-0.15, -0.1) is 10.2 Å². The highest BCUT2D eigenvalue weighted by molar-refractivity contribution is 7.86. The van der Waals surface area contributed by atoms with Gasteiger partial charge in [0.15, 0.2) is 5.75 Å². The highest BCUT2D eigenvalue weighted by Crippen LogP contribution is 2.42. The average Bonchev–Trinajstić information content (AvgIpc) is 2.84. The molecule has 0 atom stereocenters. The molecule has 37 heavy (non-hydrogen) atoms. The van der Waals surface area contributed by atoms with Crippen molar-refractivity contribution >= 4 is 67.1 Å². The summed E-state index contributed by atoms with van der Waals surface area (Å²) in [6.07, 6.45) is 0. The molecule has 3 N–H and O–H groups in total. The molecule has 0 aromatic heterocycles. The monoisotopic (exact) mass is 559 g/mol. The predicted octanol–water partition coefficient (Wildman–Crippen LogP) is 7.08. The number of aryl methyl sites for hydroxylation is 1. The Morgan fingerprint density at radius 1 is 1.00 bits per heavy atom. The molecule has 0 fully saturated rings. The minimum absolute atomic E-state index is 0.0817. The molecule has 0 aliphatic heterocycles. The zero-order valence-electron chi connectivity index (χ0n) is 19.4. The van der Waals surface area contributed by atoms with Crippen molar-refractivity contribution in [3.8, 4) is 11.5 Å². The molecule has 0 saturated heterocycles. The fraction of sp³-hybridized carbons (Fsp3) is 0.0800. The first-order valence-electron chi connectivity index (χ1n) is 10.6. The van der Waals surface area contributed by atoms with Crippen molar-refractivity contribution in [3.63, 3.8) is 0 Å². The number of amides is 1. The summed E-state index contributed by atoms with van der Waals surface area (Å²) >= 11 is 12.5. The number of fused-ring (bicyclic) bond motifs is 1. The number of anilines is 1. The highest BCUT2D eigenvalue weighted by Gasteiger charge is 2.22. The van der Waals surface area contributed by atoms with Crippen molar-refractivity contribution < 1.29 is 27.6 Å². The summed E-state index contributed by atoms with van der Waals surface area (Å²) in [6.45, 7) is 1.59.